The van der Waals surface area contributed by atoms with Gasteiger partial charge in [0.2, 0.25) is 11.8 Å². The lowest BCUT2D eigenvalue weighted by atomic mass is 10.1. The van der Waals surface area contributed by atoms with Gasteiger partial charge in [-0.1, -0.05) is 30.0 Å². The SMILES string of the molecule is COc1ccc(/C=C2\N=C(SCC(=O)Nc3ccc(C(N)=O)cc3)N(c3cc(C)cc(C)c3)C2=O)cc1. The Morgan fingerprint density at radius 2 is 1.68 bits per heavy atom. The molecule has 3 aromatic carbocycles. The molecule has 4 rings (SSSR count). The number of hydrogen-bond acceptors (Lipinski definition) is 6. The molecular formula is C28H26N4O4S. The lowest BCUT2D eigenvalue weighted by Crippen LogP contribution is -2.31. The molecule has 0 fully saturated rings. The molecule has 8 nitrogen and oxygen atoms in total. The summed E-state index contributed by atoms with van der Waals surface area (Å²) in [5, 5.41) is 3.19. The number of methoxy groups -OCH3 is 1. The van der Waals surface area contributed by atoms with Gasteiger partial charge >= 0.3 is 0 Å². The van der Waals surface area contributed by atoms with E-state index < -0.39 is 5.91 Å². The molecule has 1 aliphatic heterocycles. The number of amides is 3. The Morgan fingerprint density at radius 1 is 1.03 bits per heavy atom. The Hall–Kier alpha value is -4.37. The highest BCUT2D eigenvalue weighted by atomic mass is 32.2. The fourth-order valence-corrected chi connectivity index (χ4v) is 4.62. The normalized spacial score (nSPS) is 14.0. The maximum atomic E-state index is 13.5. The van der Waals surface area contributed by atoms with E-state index in [-0.39, 0.29) is 23.3 Å². The largest absolute Gasteiger partial charge is 0.497 e. The number of ether oxygens (including phenoxy) is 1. The van der Waals surface area contributed by atoms with Crippen LogP contribution < -0.4 is 20.7 Å². The second-order valence-electron chi connectivity index (χ2n) is 8.46. The summed E-state index contributed by atoms with van der Waals surface area (Å²) >= 11 is 1.17. The van der Waals surface area contributed by atoms with Gasteiger partial charge in [-0.3, -0.25) is 19.3 Å². The van der Waals surface area contributed by atoms with Gasteiger partial charge in [0, 0.05) is 11.3 Å². The van der Waals surface area contributed by atoms with E-state index in [1.807, 2.05) is 56.3 Å². The van der Waals surface area contributed by atoms with Crippen molar-refractivity contribution >= 4 is 52.1 Å². The predicted octanol–water partition coefficient (Wildman–Crippen LogP) is 4.53. The summed E-state index contributed by atoms with van der Waals surface area (Å²) in [5.41, 5.74) is 9.93. The maximum Gasteiger partial charge on any atom is 0.283 e. The Labute approximate surface area is 219 Å². The van der Waals surface area contributed by atoms with Gasteiger partial charge in [-0.15, -0.1) is 0 Å². The Kier molecular flexibility index (Phi) is 7.74. The number of rotatable bonds is 7. The summed E-state index contributed by atoms with van der Waals surface area (Å²) in [6, 6.07) is 19.5. The van der Waals surface area contributed by atoms with Crippen LogP contribution in [0.15, 0.2) is 77.4 Å². The van der Waals surface area contributed by atoms with Crippen LogP contribution in [0.2, 0.25) is 0 Å². The van der Waals surface area contributed by atoms with Gasteiger partial charge < -0.3 is 15.8 Å². The topological polar surface area (TPSA) is 114 Å². The van der Waals surface area contributed by atoms with Crippen molar-refractivity contribution in [1.82, 2.24) is 0 Å². The van der Waals surface area contributed by atoms with E-state index in [0.29, 0.717) is 27.9 Å². The summed E-state index contributed by atoms with van der Waals surface area (Å²) in [6.07, 6.45) is 1.71. The number of carbonyl (C=O) groups excluding carboxylic acids is 3. The van der Waals surface area contributed by atoms with Gasteiger partial charge in [0.15, 0.2) is 5.17 Å². The summed E-state index contributed by atoms with van der Waals surface area (Å²) in [6.45, 7) is 3.93. The predicted molar refractivity (Wildman–Crippen MR) is 148 cm³/mol. The summed E-state index contributed by atoms with van der Waals surface area (Å²) in [7, 11) is 1.59. The van der Waals surface area contributed by atoms with Crippen LogP contribution in [0.25, 0.3) is 6.08 Å². The van der Waals surface area contributed by atoms with Gasteiger partial charge in [0.25, 0.3) is 5.91 Å². The van der Waals surface area contributed by atoms with E-state index in [2.05, 4.69) is 10.3 Å². The fraction of sp³-hybridized carbons (Fsp3) is 0.143. The second kappa shape index (κ2) is 11.1. The Bertz CT molecular complexity index is 1390. The first-order chi connectivity index (χ1) is 17.7. The van der Waals surface area contributed by atoms with Gasteiger partial charge in [0.1, 0.15) is 11.4 Å². The molecule has 0 saturated heterocycles. The summed E-state index contributed by atoms with van der Waals surface area (Å²) in [5.74, 6) is -0.347. The average Bonchev–Trinajstić information content (AvgIpc) is 3.17. The number of primary amides is 1. The van der Waals surface area contributed by atoms with Crippen molar-refractivity contribution in [1.29, 1.82) is 0 Å². The van der Waals surface area contributed by atoms with Crippen molar-refractivity contribution < 1.29 is 19.1 Å². The number of anilines is 2. The molecule has 3 aromatic rings. The molecule has 0 saturated carbocycles. The monoisotopic (exact) mass is 514 g/mol. The van der Waals surface area contributed by atoms with Crippen LogP contribution in [0.4, 0.5) is 11.4 Å². The number of carbonyl (C=O) groups is 3. The lowest BCUT2D eigenvalue weighted by molar-refractivity contribution is -0.114. The van der Waals surface area contributed by atoms with Crippen molar-refractivity contribution in [3.63, 3.8) is 0 Å². The molecule has 3 N–H and O–H groups in total. The number of nitrogens with zero attached hydrogens (tertiary/aromatic N) is 2. The molecule has 0 atom stereocenters. The number of nitrogens with one attached hydrogen (secondary N) is 1. The summed E-state index contributed by atoms with van der Waals surface area (Å²) < 4.78 is 5.20. The standard InChI is InChI=1S/C28H26N4O4S/c1-17-12-18(2)14-22(13-17)32-27(35)24(15-19-4-10-23(36-3)11-5-19)31-28(32)37-16-25(33)30-21-8-6-20(7-9-21)26(29)34/h4-15H,16H2,1-3H3,(H2,29,34)(H,30,33)/b24-15-. The number of aliphatic imine (C=N–C) groups is 1. The first-order valence-corrected chi connectivity index (χ1v) is 12.4. The Balaban J connectivity index is 1.56. The minimum Gasteiger partial charge on any atom is -0.497 e. The number of hydrogen-bond donors (Lipinski definition) is 2. The van der Waals surface area contributed by atoms with Crippen LogP contribution in [0.3, 0.4) is 0 Å². The van der Waals surface area contributed by atoms with E-state index in [1.54, 1.807) is 37.5 Å². The number of aryl methyl sites for hydroxylation is 2. The zero-order chi connectivity index (χ0) is 26.5. The van der Waals surface area contributed by atoms with Crippen LogP contribution >= 0.6 is 11.8 Å². The number of nitrogens with two attached hydrogens (primary N) is 1. The highest BCUT2D eigenvalue weighted by Crippen LogP contribution is 2.31. The molecule has 3 amide bonds. The van der Waals surface area contributed by atoms with E-state index in [0.717, 1.165) is 16.7 Å². The highest BCUT2D eigenvalue weighted by molar-refractivity contribution is 8.14. The molecule has 0 unspecified atom stereocenters. The zero-order valence-electron chi connectivity index (χ0n) is 20.6. The van der Waals surface area contributed by atoms with E-state index >= 15 is 0 Å². The smallest absolute Gasteiger partial charge is 0.283 e. The van der Waals surface area contributed by atoms with Crippen LogP contribution in [0, 0.1) is 13.8 Å². The lowest BCUT2D eigenvalue weighted by Gasteiger charge is -2.19. The van der Waals surface area contributed by atoms with E-state index in [9.17, 15) is 14.4 Å². The molecule has 0 aromatic heterocycles. The van der Waals surface area contributed by atoms with E-state index in [4.69, 9.17) is 10.5 Å². The number of thioether (sulfide) groups is 1. The van der Waals surface area contributed by atoms with Crippen molar-refractivity contribution in [2.45, 2.75) is 13.8 Å². The maximum absolute atomic E-state index is 13.5. The first kappa shape index (κ1) is 25.7. The van der Waals surface area contributed by atoms with Crippen LogP contribution in [0.5, 0.6) is 5.75 Å². The Morgan fingerprint density at radius 3 is 2.27 bits per heavy atom. The fourth-order valence-electron chi connectivity index (χ4n) is 3.80. The number of benzene rings is 3. The van der Waals surface area contributed by atoms with Crippen molar-refractivity contribution in [3.8, 4) is 5.75 Å². The molecular weight excluding hydrogens is 488 g/mol. The summed E-state index contributed by atoms with van der Waals surface area (Å²) in [4.78, 5) is 43.5. The third-order valence-electron chi connectivity index (χ3n) is 5.50. The third-order valence-corrected chi connectivity index (χ3v) is 6.44. The molecule has 37 heavy (non-hydrogen) atoms. The zero-order valence-corrected chi connectivity index (χ0v) is 21.5. The first-order valence-electron chi connectivity index (χ1n) is 11.4. The van der Waals surface area contributed by atoms with Crippen molar-refractivity contribution in [2.75, 3.05) is 23.1 Å². The molecule has 0 radical (unpaired) electrons. The van der Waals surface area contributed by atoms with Gasteiger partial charge in [-0.2, -0.15) is 0 Å². The highest BCUT2D eigenvalue weighted by Gasteiger charge is 2.32. The van der Waals surface area contributed by atoms with Crippen LogP contribution in [0.1, 0.15) is 27.0 Å². The van der Waals surface area contributed by atoms with Gasteiger partial charge in [-0.25, -0.2) is 4.99 Å². The van der Waals surface area contributed by atoms with Crippen molar-refractivity contribution in [2.24, 2.45) is 10.7 Å². The average molecular weight is 515 g/mol. The minimum absolute atomic E-state index is 0.0286. The second-order valence-corrected chi connectivity index (χ2v) is 9.40. The molecule has 0 spiro atoms. The molecule has 1 heterocycles. The van der Waals surface area contributed by atoms with E-state index in [1.165, 1.54) is 16.7 Å². The van der Waals surface area contributed by atoms with Crippen LogP contribution in [-0.2, 0) is 9.59 Å². The van der Waals surface area contributed by atoms with Gasteiger partial charge in [-0.05, 0) is 85.1 Å². The molecule has 0 aliphatic carbocycles. The quantitative estimate of drug-likeness (QED) is 0.450. The molecule has 0 bridgehead atoms. The minimum atomic E-state index is -0.540. The molecule has 9 heteroatoms. The number of amidine groups is 1. The third kappa shape index (κ3) is 6.25. The van der Waals surface area contributed by atoms with Gasteiger partial charge in [0.05, 0.1) is 18.6 Å². The molecule has 1 aliphatic rings. The van der Waals surface area contributed by atoms with Crippen LogP contribution in [-0.4, -0.2) is 35.8 Å². The molecule has 188 valence electrons. The van der Waals surface area contributed by atoms with Crippen molar-refractivity contribution in [3.05, 3.63) is 94.7 Å².